The number of fused-ring (bicyclic) bond motifs is 1. The van der Waals surface area contributed by atoms with Gasteiger partial charge >= 0.3 is 0 Å². The largest absolute Gasteiger partial charge is 0.302 e. The van der Waals surface area contributed by atoms with E-state index in [9.17, 15) is 9.59 Å². The molecule has 2 aromatic rings. The first-order valence-corrected chi connectivity index (χ1v) is 7.84. The smallest absolute Gasteiger partial charge is 0.258 e. The van der Waals surface area contributed by atoms with E-state index in [1.165, 1.54) is 4.40 Å². The standard InChI is InChI=1S/C15H16BrN3O2/c16-11-4-5-14-17-12(7-15(21)19(14)8-11)9-18-6-2-1-3-13(18)10-20/h4-5,7-8,10,13H,1-3,6,9H2. The van der Waals surface area contributed by atoms with Crippen LogP contribution >= 0.6 is 15.9 Å². The fourth-order valence-electron chi connectivity index (χ4n) is 2.78. The molecule has 6 heteroatoms. The lowest BCUT2D eigenvalue weighted by Crippen LogP contribution is -2.40. The number of carbonyl (C=O) groups is 1. The number of likely N-dealkylation sites (tertiary alicyclic amines) is 1. The maximum atomic E-state index is 12.2. The van der Waals surface area contributed by atoms with E-state index in [2.05, 4.69) is 25.8 Å². The van der Waals surface area contributed by atoms with Gasteiger partial charge in [-0.05, 0) is 47.4 Å². The van der Waals surface area contributed by atoms with E-state index in [0.29, 0.717) is 12.2 Å². The number of rotatable bonds is 3. The van der Waals surface area contributed by atoms with Gasteiger partial charge in [0, 0.05) is 23.3 Å². The van der Waals surface area contributed by atoms with Gasteiger partial charge in [0.1, 0.15) is 11.9 Å². The zero-order valence-electron chi connectivity index (χ0n) is 11.5. The lowest BCUT2D eigenvalue weighted by Gasteiger charge is -2.31. The van der Waals surface area contributed by atoms with Gasteiger partial charge in [-0.15, -0.1) is 0 Å². The van der Waals surface area contributed by atoms with Gasteiger partial charge in [0.25, 0.3) is 5.56 Å². The zero-order valence-corrected chi connectivity index (χ0v) is 13.1. The fraction of sp³-hybridized carbons (Fsp3) is 0.400. The van der Waals surface area contributed by atoms with Gasteiger partial charge in [0.2, 0.25) is 0 Å². The summed E-state index contributed by atoms with van der Waals surface area (Å²) in [5, 5.41) is 0. The molecule has 0 bridgehead atoms. The monoisotopic (exact) mass is 349 g/mol. The Balaban J connectivity index is 1.92. The first-order valence-electron chi connectivity index (χ1n) is 7.04. The average molecular weight is 350 g/mol. The number of aromatic nitrogens is 2. The summed E-state index contributed by atoms with van der Waals surface area (Å²) >= 11 is 3.35. The van der Waals surface area contributed by atoms with E-state index >= 15 is 0 Å². The normalized spacial score (nSPS) is 19.8. The van der Waals surface area contributed by atoms with E-state index in [-0.39, 0.29) is 11.6 Å². The maximum Gasteiger partial charge on any atom is 0.258 e. The first-order chi connectivity index (χ1) is 10.2. The van der Waals surface area contributed by atoms with Crippen molar-refractivity contribution in [3.8, 4) is 0 Å². The van der Waals surface area contributed by atoms with Crippen LogP contribution in [0.3, 0.4) is 0 Å². The molecule has 0 radical (unpaired) electrons. The number of aldehydes is 1. The molecule has 1 fully saturated rings. The number of hydrogen-bond donors (Lipinski definition) is 0. The van der Waals surface area contributed by atoms with Crippen LogP contribution in [0.25, 0.3) is 5.65 Å². The van der Waals surface area contributed by atoms with Gasteiger partial charge < -0.3 is 4.79 Å². The summed E-state index contributed by atoms with van der Waals surface area (Å²) < 4.78 is 2.35. The summed E-state index contributed by atoms with van der Waals surface area (Å²) in [5.41, 5.74) is 1.24. The number of piperidine rings is 1. The lowest BCUT2D eigenvalue weighted by molar-refractivity contribution is -0.113. The maximum absolute atomic E-state index is 12.2. The van der Waals surface area contributed by atoms with Crippen molar-refractivity contribution in [1.82, 2.24) is 14.3 Å². The van der Waals surface area contributed by atoms with Crippen LogP contribution in [-0.4, -0.2) is 33.2 Å². The molecule has 21 heavy (non-hydrogen) atoms. The van der Waals surface area contributed by atoms with Gasteiger partial charge in [0.15, 0.2) is 0 Å². The summed E-state index contributed by atoms with van der Waals surface area (Å²) in [5.74, 6) is 0. The Kier molecular flexibility index (Phi) is 4.17. The highest BCUT2D eigenvalue weighted by molar-refractivity contribution is 9.10. The van der Waals surface area contributed by atoms with E-state index < -0.39 is 0 Å². The van der Waals surface area contributed by atoms with Crippen LogP contribution in [0, 0.1) is 0 Å². The Morgan fingerprint density at radius 2 is 2.24 bits per heavy atom. The van der Waals surface area contributed by atoms with Crippen LogP contribution < -0.4 is 5.56 Å². The molecular formula is C15H16BrN3O2. The lowest BCUT2D eigenvalue weighted by atomic mass is 10.0. The highest BCUT2D eigenvalue weighted by Gasteiger charge is 2.22. The minimum atomic E-state index is -0.101. The molecule has 0 saturated carbocycles. The Hall–Kier alpha value is -1.53. The van der Waals surface area contributed by atoms with Crippen molar-refractivity contribution in [2.45, 2.75) is 31.8 Å². The van der Waals surface area contributed by atoms with Crippen molar-refractivity contribution in [1.29, 1.82) is 0 Å². The summed E-state index contributed by atoms with van der Waals surface area (Å²) in [6, 6.07) is 5.17. The molecule has 1 unspecified atom stereocenters. The molecule has 0 aliphatic carbocycles. The molecule has 1 aliphatic heterocycles. The topological polar surface area (TPSA) is 54.7 Å². The zero-order chi connectivity index (χ0) is 14.8. The van der Waals surface area contributed by atoms with Crippen molar-refractivity contribution >= 4 is 27.9 Å². The Morgan fingerprint density at radius 3 is 3.05 bits per heavy atom. The molecule has 0 amide bonds. The van der Waals surface area contributed by atoms with Crippen LogP contribution in [0.4, 0.5) is 0 Å². The van der Waals surface area contributed by atoms with E-state index in [0.717, 1.165) is 42.3 Å². The number of pyridine rings is 1. The van der Waals surface area contributed by atoms with Crippen LogP contribution in [0.1, 0.15) is 25.0 Å². The number of carbonyl (C=O) groups excluding carboxylic acids is 1. The van der Waals surface area contributed by atoms with Crippen molar-refractivity contribution in [3.63, 3.8) is 0 Å². The number of halogens is 1. The van der Waals surface area contributed by atoms with E-state index in [1.54, 1.807) is 12.3 Å². The fourth-order valence-corrected chi connectivity index (χ4v) is 3.12. The summed E-state index contributed by atoms with van der Waals surface area (Å²) in [4.78, 5) is 29.9. The van der Waals surface area contributed by atoms with Crippen LogP contribution in [-0.2, 0) is 11.3 Å². The predicted molar refractivity (Wildman–Crippen MR) is 83.3 cm³/mol. The molecule has 3 heterocycles. The molecule has 1 saturated heterocycles. The summed E-state index contributed by atoms with van der Waals surface area (Å²) in [7, 11) is 0. The second kappa shape index (κ2) is 6.07. The second-order valence-electron chi connectivity index (χ2n) is 5.33. The van der Waals surface area contributed by atoms with Crippen LogP contribution in [0.15, 0.2) is 33.7 Å². The van der Waals surface area contributed by atoms with Crippen molar-refractivity contribution in [3.05, 3.63) is 44.9 Å². The molecule has 0 aromatic carbocycles. The molecule has 0 N–H and O–H groups in total. The summed E-state index contributed by atoms with van der Waals surface area (Å²) in [6.45, 7) is 1.43. The quantitative estimate of drug-likeness (QED) is 0.795. The van der Waals surface area contributed by atoms with Gasteiger partial charge in [-0.1, -0.05) is 6.42 Å². The molecular weight excluding hydrogens is 334 g/mol. The molecule has 1 aliphatic rings. The predicted octanol–water partition coefficient (Wildman–Crippen LogP) is 2.01. The molecule has 1 atom stereocenters. The van der Waals surface area contributed by atoms with Gasteiger partial charge in [-0.2, -0.15) is 0 Å². The minimum Gasteiger partial charge on any atom is -0.302 e. The van der Waals surface area contributed by atoms with Crippen molar-refractivity contribution < 1.29 is 4.79 Å². The Morgan fingerprint density at radius 1 is 1.38 bits per heavy atom. The van der Waals surface area contributed by atoms with E-state index in [1.807, 2.05) is 12.1 Å². The number of hydrogen-bond acceptors (Lipinski definition) is 4. The highest BCUT2D eigenvalue weighted by Crippen LogP contribution is 2.17. The highest BCUT2D eigenvalue weighted by atomic mass is 79.9. The van der Waals surface area contributed by atoms with Crippen LogP contribution in [0.2, 0.25) is 0 Å². The Bertz CT molecular complexity index is 728. The third-order valence-corrected chi connectivity index (χ3v) is 4.33. The summed E-state index contributed by atoms with van der Waals surface area (Å²) in [6.07, 6.45) is 5.78. The molecule has 110 valence electrons. The average Bonchev–Trinajstić information content (AvgIpc) is 2.49. The Labute approximate surface area is 130 Å². The minimum absolute atomic E-state index is 0.0519. The van der Waals surface area contributed by atoms with E-state index in [4.69, 9.17) is 0 Å². The van der Waals surface area contributed by atoms with Crippen molar-refractivity contribution in [2.24, 2.45) is 0 Å². The van der Waals surface area contributed by atoms with Gasteiger partial charge in [0.05, 0.1) is 11.7 Å². The third-order valence-electron chi connectivity index (χ3n) is 3.86. The van der Waals surface area contributed by atoms with Gasteiger partial charge in [-0.25, -0.2) is 4.98 Å². The molecule has 5 nitrogen and oxygen atoms in total. The molecule has 3 rings (SSSR count). The van der Waals surface area contributed by atoms with Crippen molar-refractivity contribution in [2.75, 3.05) is 6.54 Å². The first kappa shape index (κ1) is 14.4. The molecule has 2 aromatic heterocycles. The molecule has 0 spiro atoms. The number of nitrogens with zero attached hydrogens (tertiary/aromatic N) is 3. The third kappa shape index (κ3) is 3.06. The van der Waals surface area contributed by atoms with Gasteiger partial charge in [-0.3, -0.25) is 14.1 Å². The SMILES string of the molecule is O=CC1CCCCN1Cc1cc(=O)n2cc(Br)ccc2n1. The van der Waals surface area contributed by atoms with Crippen LogP contribution in [0.5, 0.6) is 0 Å². The second-order valence-corrected chi connectivity index (χ2v) is 6.25.